The van der Waals surface area contributed by atoms with Gasteiger partial charge < -0.3 is 14.7 Å². The summed E-state index contributed by atoms with van der Waals surface area (Å²) in [6.45, 7) is 2.68. The lowest BCUT2D eigenvalue weighted by molar-refractivity contribution is 0.0553. The number of benzene rings is 1. The Hall–Kier alpha value is -1.17. The van der Waals surface area contributed by atoms with Crippen molar-refractivity contribution in [3.8, 4) is 5.75 Å². The van der Waals surface area contributed by atoms with E-state index in [0.29, 0.717) is 11.3 Å². The predicted molar refractivity (Wildman–Crippen MR) is 76.4 cm³/mol. The maximum absolute atomic E-state index is 13.5. The highest BCUT2D eigenvalue weighted by Crippen LogP contribution is 2.30. The first kappa shape index (κ1) is 15.2. The van der Waals surface area contributed by atoms with Gasteiger partial charge in [0.2, 0.25) is 0 Å². The van der Waals surface area contributed by atoms with Crippen LogP contribution in [-0.2, 0) is 0 Å². The van der Waals surface area contributed by atoms with Crippen molar-refractivity contribution in [2.45, 2.75) is 18.6 Å². The first-order valence-corrected chi connectivity index (χ1v) is 6.93. The molecule has 0 aliphatic carbocycles. The van der Waals surface area contributed by atoms with E-state index in [1.54, 1.807) is 6.07 Å². The van der Waals surface area contributed by atoms with Crippen molar-refractivity contribution in [2.75, 3.05) is 40.8 Å². The molecule has 2 unspecified atom stereocenters. The predicted octanol–water partition coefficient (Wildman–Crippen LogP) is 1.50. The highest BCUT2D eigenvalue weighted by molar-refractivity contribution is 5.36. The van der Waals surface area contributed by atoms with Crippen LogP contribution in [0.3, 0.4) is 0 Å². The Morgan fingerprint density at radius 1 is 1.35 bits per heavy atom. The Morgan fingerprint density at radius 3 is 2.80 bits per heavy atom. The summed E-state index contributed by atoms with van der Waals surface area (Å²) in [4.78, 5) is 4.33. The summed E-state index contributed by atoms with van der Waals surface area (Å²) in [6.07, 6.45) is 0.294. The smallest absolute Gasteiger partial charge is 0.124 e. The zero-order chi connectivity index (χ0) is 14.7. The summed E-state index contributed by atoms with van der Waals surface area (Å²) in [5.74, 6) is 0.170. The molecule has 0 radical (unpaired) electrons. The maximum Gasteiger partial charge on any atom is 0.124 e. The Labute approximate surface area is 119 Å². The minimum Gasteiger partial charge on any atom is -0.496 e. The number of rotatable bonds is 3. The van der Waals surface area contributed by atoms with Crippen molar-refractivity contribution in [1.29, 1.82) is 0 Å². The number of hydrogen-bond acceptors (Lipinski definition) is 4. The van der Waals surface area contributed by atoms with E-state index in [2.05, 4.69) is 9.80 Å². The number of aliphatic hydroxyl groups is 1. The third-order valence-electron chi connectivity index (χ3n) is 3.99. The Kier molecular flexibility index (Phi) is 4.96. The lowest BCUT2D eigenvalue weighted by Gasteiger charge is -2.32. The minimum atomic E-state index is -0.772. The molecule has 0 amide bonds. The van der Waals surface area contributed by atoms with Crippen LogP contribution in [0.25, 0.3) is 0 Å². The number of ether oxygens (including phenoxy) is 1. The molecule has 1 fully saturated rings. The fourth-order valence-electron chi connectivity index (χ4n) is 2.79. The molecule has 1 aliphatic heterocycles. The second-order valence-electron chi connectivity index (χ2n) is 5.49. The summed E-state index contributed by atoms with van der Waals surface area (Å²) in [5.41, 5.74) is 0.514. The molecule has 1 saturated heterocycles. The van der Waals surface area contributed by atoms with Crippen LogP contribution in [0.4, 0.5) is 4.39 Å². The molecule has 20 heavy (non-hydrogen) atoms. The van der Waals surface area contributed by atoms with Crippen LogP contribution in [0.15, 0.2) is 18.2 Å². The zero-order valence-electron chi connectivity index (χ0n) is 12.3. The van der Waals surface area contributed by atoms with Crippen molar-refractivity contribution in [3.05, 3.63) is 29.6 Å². The van der Waals surface area contributed by atoms with E-state index in [9.17, 15) is 9.50 Å². The molecule has 0 aromatic heterocycles. The molecule has 0 spiro atoms. The van der Waals surface area contributed by atoms with Crippen LogP contribution in [0.2, 0.25) is 0 Å². The number of likely N-dealkylation sites (N-methyl/N-ethyl adjacent to an activating group) is 2. The van der Waals surface area contributed by atoms with E-state index in [0.717, 1.165) is 26.1 Å². The lowest BCUT2D eigenvalue weighted by atomic mass is 9.99. The zero-order valence-corrected chi connectivity index (χ0v) is 12.3. The average molecular weight is 282 g/mol. The summed E-state index contributed by atoms with van der Waals surface area (Å²) in [7, 11) is 5.58. The topological polar surface area (TPSA) is 35.9 Å². The van der Waals surface area contributed by atoms with Gasteiger partial charge in [-0.25, -0.2) is 4.39 Å². The van der Waals surface area contributed by atoms with Gasteiger partial charge in [0.1, 0.15) is 11.6 Å². The van der Waals surface area contributed by atoms with Crippen molar-refractivity contribution in [1.82, 2.24) is 9.80 Å². The van der Waals surface area contributed by atoms with Crippen LogP contribution in [0.5, 0.6) is 5.75 Å². The van der Waals surface area contributed by atoms with Gasteiger partial charge in [-0.1, -0.05) is 0 Å². The molecule has 112 valence electrons. The average Bonchev–Trinajstić information content (AvgIpc) is 2.59. The van der Waals surface area contributed by atoms with Gasteiger partial charge in [0, 0.05) is 12.1 Å². The third-order valence-corrected chi connectivity index (χ3v) is 3.99. The standard InChI is InChI=1S/C15H23FN2O2/c1-17-7-4-8-18(2)13(10-17)15(19)12-9-11(16)5-6-14(12)20-3/h5-6,9,13,15,19H,4,7-8,10H2,1-3H3. The van der Waals surface area contributed by atoms with E-state index in [1.165, 1.54) is 19.2 Å². The van der Waals surface area contributed by atoms with Crippen LogP contribution in [0, 0.1) is 5.82 Å². The Balaban J connectivity index is 2.28. The van der Waals surface area contributed by atoms with Crippen LogP contribution in [0.1, 0.15) is 18.1 Å². The molecule has 5 heteroatoms. The van der Waals surface area contributed by atoms with Crippen LogP contribution < -0.4 is 4.74 Å². The minimum absolute atomic E-state index is 0.0711. The van der Waals surface area contributed by atoms with Crippen molar-refractivity contribution < 1.29 is 14.2 Å². The number of methoxy groups -OCH3 is 1. The summed E-state index contributed by atoms with van der Waals surface area (Å²) < 4.78 is 18.7. The molecular formula is C15H23FN2O2. The normalized spacial score (nSPS) is 23.4. The van der Waals surface area contributed by atoms with Gasteiger partial charge >= 0.3 is 0 Å². The van der Waals surface area contributed by atoms with Gasteiger partial charge in [0.15, 0.2) is 0 Å². The molecule has 4 nitrogen and oxygen atoms in total. The molecule has 1 aliphatic rings. The van der Waals surface area contributed by atoms with Crippen molar-refractivity contribution in [2.24, 2.45) is 0 Å². The van der Waals surface area contributed by atoms with E-state index in [-0.39, 0.29) is 11.9 Å². The third kappa shape index (κ3) is 3.29. The molecule has 1 heterocycles. The molecule has 0 saturated carbocycles. The second-order valence-corrected chi connectivity index (χ2v) is 5.49. The lowest BCUT2D eigenvalue weighted by Crippen LogP contribution is -2.42. The molecule has 1 aromatic carbocycles. The van der Waals surface area contributed by atoms with Crippen LogP contribution >= 0.6 is 0 Å². The summed E-state index contributed by atoms with van der Waals surface area (Å²) >= 11 is 0. The second kappa shape index (κ2) is 6.52. The van der Waals surface area contributed by atoms with Gasteiger partial charge in [0.25, 0.3) is 0 Å². The molecule has 2 atom stereocenters. The quantitative estimate of drug-likeness (QED) is 0.911. The molecule has 1 aromatic rings. The molecule has 1 N–H and O–H groups in total. The van der Waals surface area contributed by atoms with Crippen molar-refractivity contribution >= 4 is 0 Å². The monoisotopic (exact) mass is 282 g/mol. The Morgan fingerprint density at radius 2 is 2.10 bits per heavy atom. The summed E-state index contributed by atoms with van der Waals surface area (Å²) in [5, 5.41) is 10.7. The first-order chi connectivity index (χ1) is 9.52. The number of halogens is 1. The Bertz CT molecular complexity index is 455. The highest BCUT2D eigenvalue weighted by atomic mass is 19.1. The number of hydrogen-bond donors (Lipinski definition) is 1. The number of aliphatic hydroxyl groups excluding tert-OH is 1. The van der Waals surface area contributed by atoms with Gasteiger partial charge in [-0.15, -0.1) is 0 Å². The van der Waals surface area contributed by atoms with Gasteiger partial charge in [0.05, 0.1) is 19.3 Å². The molecular weight excluding hydrogens is 259 g/mol. The fraction of sp³-hybridized carbons (Fsp3) is 0.600. The molecule has 2 rings (SSSR count). The first-order valence-electron chi connectivity index (χ1n) is 6.93. The SMILES string of the molecule is COc1ccc(F)cc1C(O)C1CN(C)CCCN1C. The van der Waals surface area contributed by atoms with Crippen LogP contribution in [-0.4, -0.2) is 61.8 Å². The van der Waals surface area contributed by atoms with E-state index in [1.807, 2.05) is 14.1 Å². The fourth-order valence-corrected chi connectivity index (χ4v) is 2.79. The van der Waals surface area contributed by atoms with Gasteiger partial charge in [-0.3, -0.25) is 4.90 Å². The molecule has 0 bridgehead atoms. The van der Waals surface area contributed by atoms with E-state index in [4.69, 9.17) is 4.74 Å². The van der Waals surface area contributed by atoms with E-state index >= 15 is 0 Å². The van der Waals surface area contributed by atoms with Crippen molar-refractivity contribution in [3.63, 3.8) is 0 Å². The van der Waals surface area contributed by atoms with E-state index < -0.39 is 6.10 Å². The summed E-state index contributed by atoms with van der Waals surface area (Å²) in [6, 6.07) is 4.20. The van der Waals surface area contributed by atoms with Gasteiger partial charge in [-0.2, -0.15) is 0 Å². The highest BCUT2D eigenvalue weighted by Gasteiger charge is 2.30. The van der Waals surface area contributed by atoms with Gasteiger partial charge in [-0.05, 0) is 51.8 Å². The maximum atomic E-state index is 13.5. The largest absolute Gasteiger partial charge is 0.496 e. The number of nitrogens with zero attached hydrogens (tertiary/aromatic N) is 2.